The van der Waals surface area contributed by atoms with E-state index in [0.717, 1.165) is 28.6 Å². The van der Waals surface area contributed by atoms with Gasteiger partial charge in [0.15, 0.2) is 0 Å². The van der Waals surface area contributed by atoms with Crippen LogP contribution < -0.4 is 5.32 Å². The van der Waals surface area contributed by atoms with E-state index in [2.05, 4.69) is 16.5 Å². The Bertz CT molecular complexity index is 1300. The second kappa shape index (κ2) is 8.24. The second-order valence-corrected chi connectivity index (χ2v) is 9.27. The van der Waals surface area contributed by atoms with E-state index in [1.54, 1.807) is 30.5 Å². The Hall–Kier alpha value is -3.86. The van der Waals surface area contributed by atoms with Crippen LogP contribution in [0.3, 0.4) is 0 Å². The van der Waals surface area contributed by atoms with Crippen LogP contribution in [0.25, 0.3) is 11.0 Å². The number of benzene rings is 1. The molecule has 1 aliphatic heterocycles. The van der Waals surface area contributed by atoms with E-state index >= 15 is 0 Å². The van der Waals surface area contributed by atoms with Gasteiger partial charge in [0.25, 0.3) is 5.91 Å². The molecule has 1 saturated heterocycles. The van der Waals surface area contributed by atoms with Crippen molar-refractivity contribution >= 4 is 28.7 Å². The Morgan fingerprint density at radius 2 is 2.09 bits per heavy atom. The minimum Gasteiger partial charge on any atom is -0.465 e. The predicted octanol–water partition coefficient (Wildman–Crippen LogP) is 4.64. The zero-order chi connectivity index (χ0) is 23.9. The summed E-state index contributed by atoms with van der Waals surface area (Å²) in [5.41, 5.74) is 3.83. The summed E-state index contributed by atoms with van der Waals surface area (Å²) < 4.78 is 1.98. The molecule has 1 aromatic carbocycles. The highest BCUT2D eigenvalue weighted by Gasteiger charge is 2.39. The van der Waals surface area contributed by atoms with Crippen molar-refractivity contribution in [1.29, 1.82) is 5.26 Å². The first-order valence-corrected chi connectivity index (χ1v) is 10.9. The predicted molar refractivity (Wildman–Crippen MR) is 125 cm³/mol. The third kappa shape index (κ3) is 4.02. The molecule has 1 atom stereocenters. The number of aromatic nitrogens is 2. The summed E-state index contributed by atoms with van der Waals surface area (Å²) in [6, 6.07) is 8.62. The topological polar surface area (TPSA) is 111 Å². The minimum absolute atomic E-state index is 0.179. The van der Waals surface area contributed by atoms with Gasteiger partial charge in [-0.3, -0.25) is 4.79 Å². The van der Waals surface area contributed by atoms with Gasteiger partial charge >= 0.3 is 6.09 Å². The van der Waals surface area contributed by atoms with Gasteiger partial charge < -0.3 is 19.9 Å². The van der Waals surface area contributed by atoms with E-state index in [4.69, 9.17) is 5.26 Å². The maximum Gasteiger partial charge on any atom is 0.407 e. The van der Waals surface area contributed by atoms with Crippen molar-refractivity contribution in [3.63, 3.8) is 0 Å². The molecular weight excluding hydrogens is 418 g/mol. The van der Waals surface area contributed by atoms with E-state index in [1.165, 1.54) is 4.90 Å². The standard InChI is InChI=1S/C25H27N5O3/c1-15-20(28-23(31)17-7-5-6-16(10-17)12-26)13-27-22-21(15)19(14-29(22)4)18-8-9-30(24(32)33)25(2,3)11-18/h5-7,10,13-14,18H,8-9,11H2,1-4H3,(H,28,31)(H,32,33)/t18-/m1/s1. The number of carboxylic acid groups (broad SMARTS) is 1. The summed E-state index contributed by atoms with van der Waals surface area (Å²) in [6.07, 6.45) is 4.27. The van der Waals surface area contributed by atoms with Gasteiger partial charge in [-0.1, -0.05) is 6.07 Å². The Kier molecular flexibility index (Phi) is 5.58. The summed E-state index contributed by atoms with van der Waals surface area (Å²) in [4.78, 5) is 30.6. The van der Waals surface area contributed by atoms with Crippen LogP contribution in [0.4, 0.5) is 10.5 Å². The number of carbonyl (C=O) groups is 2. The number of nitrogens with zero attached hydrogens (tertiary/aromatic N) is 4. The lowest BCUT2D eigenvalue weighted by Crippen LogP contribution is -2.51. The first-order chi connectivity index (χ1) is 15.6. The van der Waals surface area contributed by atoms with Gasteiger partial charge in [-0.25, -0.2) is 9.78 Å². The van der Waals surface area contributed by atoms with Crippen LogP contribution in [0.2, 0.25) is 0 Å². The zero-order valence-electron chi connectivity index (χ0n) is 19.2. The fourth-order valence-corrected chi connectivity index (χ4v) is 4.92. The van der Waals surface area contributed by atoms with Crippen LogP contribution in [0.5, 0.6) is 0 Å². The van der Waals surface area contributed by atoms with E-state index in [9.17, 15) is 14.7 Å². The highest BCUT2D eigenvalue weighted by Crippen LogP contribution is 2.42. The van der Waals surface area contributed by atoms with Crippen LogP contribution in [-0.4, -0.2) is 43.6 Å². The number of nitrogens with one attached hydrogen (secondary N) is 1. The molecule has 1 aliphatic rings. The molecule has 1 fully saturated rings. The van der Waals surface area contributed by atoms with Gasteiger partial charge in [0, 0.05) is 36.3 Å². The van der Waals surface area contributed by atoms with Crippen LogP contribution >= 0.6 is 0 Å². The summed E-state index contributed by atoms with van der Waals surface area (Å²) in [6.45, 7) is 6.36. The monoisotopic (exact) mass is 445 g/mol. The largest absolute Gasteiger partial charge is 0.465 e. The normalized spacial score (nSPS) is 17.5. The number of rotatable bonds is 3. The average Bonchev–Trinajstić information content (AvgIpc) is 3.11. The third-order valence-electron chi connectivity index (χ3n) is 6.62. The lowest BCUT2D eigenvalue weighted by molar-refractivity contribution is 0.0608. The highest BCUT2D eigenvalue weighted by molar-refractivity contribution is 6.06. The first kappa shape index (κ1) is 22.3. The molecule has 8 heteroatoms. The zero-order valence-corrected chi connectivity index (χ0v) is 19.2. The quantitative estimate of drug-likeness (QED) is 0.610. The molecule has 3 heterocycles. The van der Waals surface area contributed by atoms with Gasteiger partial charge in [0.2, 0.25) is 0 Å². The summed E-state index contributed by atoms with van der Waals surface area (Å²) in [5, 5.41) is 22.6. The molecule has 33 heavy (non-hydrogen) atoms. The van der Waals surface area contributed by atoms with E-state index in [-0.39, 0.29) is 11.8 Å². The molecule has 0 spiro atoms. The van der Waals surface area contributed by atoms with E-state index in [1.807, 2.05) is 38.5 Å². The van der Waals surface area contributed by atoms with Gasteiger partial charge in [-0.2, -0.15) is 5.26 Å². The molecule has 4 rings (SSSR count). The number of anilines is 1. The molecule has 2 aromatic heterocycles. The average molecular weight is 446 g/mol. The Morgan fingerprint density at radius 1 is 1.33 bits per heavy atom. The fourth-order valence-electron chi connectivity index (χ4n) is 4.92. The molecule has 0 unspecified atom stereocenters. The molecule has 2 N–H and O–H groups in total. The molecule has 170 valence electrons. The maximum atomic E-state index is 12.8. The number of carbonyl (C=O) groups excluding carboxylic acids is 1. The molecule has 0 saturated carbocycles. The fraction of sp³-hybridized carbons (Fsp3) is 0.360. The summed E-state index contributed by atoms with van der Waals surface area (Å²) >= 11 is 0. The van der Waals surface area contributed by atoms with Crippen LogP contribution in [-0.2, 0) is 7.05 Å². The van der Waals surface area contributed by atoms with Crippen molar-refractivity contribution in [1.82, 2.24) is 14.5 Å². The van der Waals surface area contributed by atoms with Crippen molar-refractivity contribution in [3.8, 4) is 6.07 Å². The third-order valence-corrected chi connectivity index (χ3v) is 6.62. The number of aryl methyl sites for hydroxylation is 2. The van der Waals surface area contributed by atoms with Gasteiger partial charge in [-0.15, -0.1) is 0 Å². The van der Waals surface area contributed by atoms with E-state index in [0.29, 0.717) is 29.8 Å². The van der Waals surface area contributed by atoms with Crippen molar-refractivity contribution in [2.24, 2.45) is 7.05 Å². The van der Waals surface area contributed by atoms with Crippen LogP contribution in [0.15, 0.2) is 36.7 Å². The minimum atomic E-state index is -0.889. The molecular formula is C25H27N5O3. The first-order valence-electron chi connectivity index (χ1n) is 10.9. The number of hydrogen-bond acceptors (Lipinski definition) is 4. The van der Waals surface area contributed by atoms with E-state index < -0.39 is 11.6 Å². The second-order valence-electron chi connectivity index (χ2n) is 9.27. The molecule has 0 aliphatic carbocycles. The summed E-state index contributed by atoms with van der Waals surface area (Å²) in [7, 11) is 1.95. The number of nitriles is 1. The number of fused-ring (bicyclic) bond motifs is 1. The van der Waals surface area contributed by atoms with Gasteiger partial charge in [0.1, 0.15) is 5.65 Å². The molecule has 2 amide bonds. The maximum absolute atomic E-state index is 12.8. The number of likely N-dealkylation sites (tertiary alicyclic amines) is 1. The number of amides is 2. The van der Waals surface area contributed by atoms with Crippen molar-refractivity contribution in [2.75, 3.05) is 11.9 Å². The smallest absolute Gasteiger partial charge is 0.407 e. The van der Waals surface area contributed by atoms with Gasteiger partial charge in [0.05, 0.1) is 23.5 Å². The molecule has 0 radical (unpaired) electrons. The van der Waals surface area contributed by atoms with Crippen molar-refractivity contribution < 1.29 is 14.7 Å². The Balaban J connectivity index is 1.69. The Morgan fingerprint density at radius 3 is 2.76 bits per heavy atom. The highest BCUT2D eigenvalue weighted by atomic mass is 16.4. The van der Waals surface area contributed by atoms with Gasteiger partial charge in [-0.05, 0) is 68.9 Å². The number of piperidine rings is 1. The van der Waals surface area contributed by atoms with Crippen LogP contribution in [0, 0.1) is 18.3 Å². The Labute approximate surface area is 192 Å². The lowest BCUT2D eigenvalue weighted by Gasteiger charge is -2.44. The van der Waals surface area contributed by atoms with Crippen LogP contribution in [0.1, 0.15) is 59.7 Å². The summed E-state index contributed by atoms with van der Waals surface area (Å²) in [5.74, 6) is -0.122. The number of hydrogen-bond donors (Lipinski definition) is 2. The van der Waals surface area contributed by atoms with Crippen molar-refractivity contribution in [2.45, 2.75) is 45.1 Å². The molecule has 0 bridgehead atoms. The van der Waals surface area contributed by atoms with Crippen molar-refractivity contribution in [3.05, 3.63) is 58.9 Å². The molecule has 8 nitrogen and oxygen atoms in total. The SMILES string of the molecule is Cc1c(NC(=O)c2cccc(C#N)c2)cnc2c1c([C@@H]1CCN(C(=O)O)C(C)(C)C1)cn2C. The lowest BCUT2D eigenvalue weighted by atomic mass is 9.79. The number of pyridine rings is 1. The molecule has 3 aromatic rings.